The molecule has 2 aromatic heterocycles. The number of carbonyl (C=O) groups excluding carboxylic acids is 1. The van der Waals surface area contributed by atoms with E-state index in [9.17, 15) is 27.3 Å². The van der Waals surface area contributed by atoms with Crippen LogP contribution < -0.4 is 4.72 Å². The molecule has 0 aliphatic carbocycles. The molecule has 1 aliphatic rings. The number of halogens is 2. The van der Waals surface area contributed by atoms with E-state index in [0.29, 0.717) is 16.5 Å². The number of nitriles is 1. The van der Waals surface area contributed by atoms with Gasteiger partial charge in [0.05, 0.1) is 36.1 Å². The second kappa shape index (κ2) is 7.66. The number of amides is 1. The van der Waals surface area contributed by atoms with Crippen LogP contribution >= 0.6 is 0 Å². The Morgan fingerprint density at radius 1 is 1.35 bits per heavy atom. The number of benzene rings is 1. The van der Waals surface area contributed by atoms with Crippen LogP contribution in [0.25, 0.3) is 10.9 Å². The van der Waals surface area contributed by atoms with E-state index in [4.69, 9.17) is 0 Å². The zero-order chi connectivity index (χ0) is 22.3. The zero-order valence-corrected chi connectivity index (χ0v) is 17.2. The quantitative estimate of drug-likeness (QED) is 0.617. The number of fused-ring (bicyclic) bond motifs is 1. The molecule has 4 rings (SSSR count). The summed E-state index contributed by atoms with van der Waals surface area (Å²) in [4.78, 5) is 16.0. The van der Waals surface area contributed by atoms with Crippen LogP contribution in [0.1, 0.15) is 11.1 Å². The molecule has 3 heterocycles. The molecule has 3 aromatic rings. The highest BCUT2D eigenvalue weighted by Gasteiger charge is 2.35. The molecular formula is C19H18F2N6O3S. The van der Waals surface area contributed by atoms with Gasteiger partial charge in [-0.2, -0.15) is 10.4 Å². The van der Waals surface area contributed by atoms with Crippen molar-refractivity contribution in [3.8, 4) is 6.07 Å². The third-order valence-electron chi connectivity index (χ3n) is 5.16. The smallest absolute Gasteiger partial charge is 0.265 e. The standard InChI is InChI=1S/C19H18F2N6O3S/c1-11-2-3-16(19-18(11)12(4-22)5-23-19)25-31(29,30)13-6-24-27(7-13)10-17(28)26-8-14(20)15(21)9-26/h2-3,5-7,14-15,23,25H,8-10H2,1H3/t14-,15+. The van der Waals surface area contributed by atoms with Crippen molar-refractivity contribution in [3.63, 3.8) is 0 Å². The Morgan fingerprint density at radius 2 is 2.06 bits per heavy atom. The Kier molecular flexibility index (Phi) is 5.14. The Morgan fingerprint density at radius 3 is 2.74 bits per heavy atom. The van der Waals surface area contributed by atoms with Gasteiger partial charge in [-0.15, -0.1) is 0 Å². The third kappa shape index (κ3) is 3.84. The predicted molar refractivity (Wildman–Crippen MR) is 107 cm³/mol. The second-order valence-electron chi connectivity index (χ2n) is 7.30. The number of anilines is 1. The lowest BCUT2D eigenvalue weighted by molar-refractivity contribution is -0.131. The molecule has 162 valence electrons. The van der Waals surface area contributed by atoms with Crippen molar-refractivity contribution in [2.45, 2.75) is 30.7 Å². The topological polar surface area (TPSA) is 124 Å². The molecule has 1 aromatic carbocycles. The number of sulfonamides is 1. The van der Waals surface area contributed by atoms with Gasteiger partial charge in [0.2, 0.25) is 5.91 Å². The number of carbonyl (C=O) groups is 1. The van der Waals surface area contributed by atoms with Crippen LogP contribution in [0, 0.1) is 18.3 Å². The number of nitrogens with zero attached hydrogens (tertiary/aromatic N) is 4. The maximum atomic E-state index is 13.3. The Balaban J connectivity index is 1.53. The van der Waals surface area contributed by atoms with E-state index in [1.807, 2.05) is 6.92 Å². The molecule has 1 amide bonds. The fourth-order valence-corrected chi connectivity index (χ4v) is 4.56. The summed E-state index contributed by atoms with van der Waals surface area (Å²) in [5.41, 5.74) is 1.94. The molecule has 0 bridgehead atoms. The van der Waals surface area contributed by atoms with Crippen LogP contribution in [0.5, 0.6) is 0 Å². The van der Waals surface area contributed by atoms with Crippen molar-refractivity contribution in [2.24, 2.45) is 0 Å². The molecule has 1 saturated heterocycles. The first kappa shape index (κ1) is 20.8. The summed E-state index contributed by atoms with van der Waals surface area (Å²) in [6.07, 6.45) is 0.305. The van der Waals surface area contributed by atoms with Crippen LogP contribution in [-0.4, -0.2) is 59.4 Å². The lowest BCUT2D eigenvalue weighted by atomic mass is 10.1. The number of nitrogens with one attached hydrogen (secondary N) is 2. The van der Waals surface area contributed by atoms with Crippen molar-refractivity contribution in [2.75, 3.05) is 17.8 Å². The fraction of sp³-hybridized carbons (Fsp3) is 0.316. The van der Waals surface area contributed by atoms with Gasteiger partial charge >= 0.3 is 0 Å². The molecule has 2 N–H and O–H groups in total. The number of hydrogen-bond acceptors (Lipinski definition) is 5. The van der Waals surface area contributed by atoms with Gasteiger partial charge in [0.25, 0.3) is 10.0 Å². The van der Waals surface area contributed by atoms with Crippen LogP contribution in [0.15, 0.2) is 35.6 Å². The largest absolute Gasteiger partial charge is 0.358 e. The summed E-state index contributed by atoms with van der Waals surface area (Å²) in [6.45, 7) is 0.801. The molecule has 0 radical (unpaired) electrons. The first-order valence-corrected chi connectivity index (χ1v) is 10.8. The van der Waals surface area contributed by atoms with Crippen LogP contribution in [0.4, 0.5) is 14.5 Å². The minimum atomic E-state index is -4.05. The highest BCUT2D eigenvalue weighted by molar-refractivity contribution is 7.92. The van der Waals surface area contributed by atoms with Gasteiger partial charge in [0.1, 0.15) is 17.5 Å². The molecule has 12 heteroatoms. The van der Waals surface area contributed by atoms with E-state index in [1.165, 1.54) is 6.20 Å². The number of rotatable bonds is 5. The van der Waals surface area contributed by atoms with Gasteiger partial charge in [0, 0.05) is 17.8 Å². The lowest BCUT2D eigenvalue weighted by Crippen LogP contribution is -2.32. The normalized spacial score (nSPS) is 19.0. The highest BCUT2D eigenvalue weighted by Crippen LogP contribution is 2.30. The highest BCUT2D eigenvalue weighted by atomic mass is 32.2. The van der Waals surface area contributed by atoms with E-state index in [2.05, 4.69) is 20.9 Å². The molecule has 0 unspecified atom stereocenters. The molecule has 0 saturated carbocycles. The zero-order valence-electron chi connectivity index (χ0n) is 16.3. The van der Waals surface area contributed by atoms with Gasteiger partial charge in [0.15, 0.2) is 12.3 Å². The molecule has 2 atom stereocenters. The minimum absolute atomic E-state index is 0.186. The van der Waals surface area contributed by atoms with Gasteiger partial charge in [-0.05, 0) is 18.6 Å². The number of H-pyrrole nitrogens is 1. The number of aryl methyl sites for hydroxylation is 1. The average Bonchev–Trinajstić information content (AvgIpc) is 3.44. The summed E-state index contributed by atoms with van der Waals surface area (Å²) in [7, 11) is -4.05. The van der Waals surface area contributed by atoms with Crippen molar-refractivity contribution in [3.05, 3.63) is 41.9 Å². The van der Waals surface area contributed by atoms with Gasteiger partial charge < -0.3 is 9.88 Å². The molecule has 1 fully saturated rings. The van der Waals surface area contributed by atoms with Gasteiger partial charge in [-0.3, -0.25) is 14.2 Å². The SMILES string of the molecule is Cc1ccc(NS(=O)(=O)c2cnn(CC(=O)N3C[C@@H](F)[C@@H](F)C3)c2)c2[nH]cc(C#N)c12. The summed E-state index contributed by atoms with van der Waals surface area (Å²) in [5, 5.41) is 13.7. The average molecular weight is 448 g/mol. The lowest BCUT2D eigenvalue weighted by Gasteiger charge is -2.14. The first-order chi connectivity index (χ1) is 14.7. The number of aromatic nitrogens is 3. The van der Waals surface area contributed by atoms with Crippen LogP contribution in [0.2, 0.25) is 0 Å². The van der Waals surface area contributed by atoms with E-state index in [0.717, 1.165) is 27.5 Å². The Hall–Kier alpha value is -3.46. The van der Waals surface area contributed by atoms with Crippen molar-refractivity contribution in [1.82, 2.24) is 19.7 Å². The maximum absolute atomic E-state index is 13.3. The monoisotopic (exact) mass is 448 g/mol. The number of alkyl halides is 2. The molecular weight excluding hydrogens is 430 g/mol. The summed E-state index contributed by atoms with van der Waals surface area (Å²) in [5.74, 6) is -0.557. The summed E-state index contributed by atoms with van der Waals surface area (Å²) in [6, 6.07) is 5.33. The molecule has 0 spiro atoms. The Bertz CT molecular complexity index is 1300. The van der Waals surface area contributed by atoms with E-state index in [1.54, 1.807) is 12.1 Å². The van der Waals surface area contributed by atoms with E-state index in [-0.39, 0.29) is 30.2 Å². The Labute approximate surface area is 176 Å². The molecule has 31 heavy (non-hydrogen) atoms. The number of aromatic amines is 1. The van der Waals surface area contributed by atoms with Crippen molar-refractivity contribution in [1.29, 1.82) is 5.26 Å². The summed E-state index contributed by atoms with van der Waals surface area (Å²) >= 11 is 0. The molecule has 9 nitrogen and oxygen atoms in total. The van der Waals surface area contributed by atoms with Gasteiger partial charge in [-0.25, -0.2) is 17.2 Å². The maximum Gasteiger partial charge on any atom is 0.265 e. The summed E-state index contributed by atoms with van der Waals surface area (Å²) < 4.78 is 55.8. The van der Waals surface area contributed by atoms with Crippen LogP contribution in [0.3, 0.4) is 0 Å². The minimum Gasteiger partial charge on any atom is -0.358 e. The predicted octanol–water partition coefficient (Wildman–Crippen LogP) is 1.86. The number of likely N-dealkylation sites (tertiary alicyclic amines) is 1. The van der Waals surface area contributed by atoms with Crippen molar-refractivity contribution >= 4 is 32.5 Å². The van der Waals surface area contributed by atoms with Crippen molar-refractivity contribution < 1.29 is 22.0 Å². The fourth-order valence-electron chi connectivity index (χ4n) is 3.53. The van der Waals surface area contributed by atoms with Crippen LogP contribution in [-0.2, 0) is 21.4 Å². The van der Waals surface area contributed by atoms with E-state index >= 15 is 0 Å². The third-order valence-corrected chi connectivity index (χ3v) is 6.48. The first-order valence-electron chi connectivity index (χ1n) is 9.31. The molecule has 1 aliphatic heterocycles. The van der Waals surface area contributed by atoms with E-state index < -0.39 is 28.3 Å². The second-order valence-corrected chi connectivity index (χ2v) is 8.99. The number of hydrogen-bond donors (Lipinski definition) is 2. The van der Waals surface area contributed by atoms with Gasteiger partial charge in [-0.1, -0.05) is 6.07 Å².